The summed E-state index contributed by atoms with van der Waals surface area (Å²) < 4.78 is 5.66. The van der Waals surface area contributed by atoms with Crippen molar-refractivity contribution >= 4 is 22.6 Å². The predicted octanol–water partition coefficient (Wildman–Crippen LogP) is 4.09. The summed E-state index contributed by atoms with van der Waals surface area (Å²) >= 11 is 6.03. The number of hydrogen-bond donors (Lipinski definition) is 1. The fourth-order valence-corrected chi connectivity index (χ4v) is 2.08. The Balaban J connectivity index is 2.59. The average molecular weight is 239 g/mol. The fraction of sp³-hybridized carbons (Fsp3) is 0.385. The molecule has 2 nitrogen and oxygen atoms in total. The van der Waals surface area contributed by atoms with E-state index in [0.29, 0.717) is 29.2 Å². The minimum absolute atomic E-state index is 0.582. The van der Waals surface area contributed by atoms with Crippen LogP contribution >= 0.6 is 11.6 Å². The average Bonchev–Trinajstić information content (AvgIpc) is 2.74. The number of rotatable bonds is 3. The van der Waals surface area contributed by atoms with Crippen LogP contribution in [0.3, 0.4) is 0 Å². The summed E-state index contributed by atoms with van der Waals surface area (Å²) in [6.45, 7) is 3.89. The number of para-hydroxylation sites is 1. The molecule has 1 heterocycles. The third kappa shape index (κ3) is 1.72. The van der Waals surface area contributed by atoms with Crippen molar-refractivity contribution in [3.63, 3.8) is 0 Å². The highest BCUT2D eigenvalue weighted by Crippen LogP contribution is 2.35. The van der Waals surface area contributed by atoms with Crippen LogP contribution in [0.25, 0.3) is 11.0 Å². The van der Waals surface area contributed by atoms with Crippen molar-refractivity contribution in [1.82, 2.24) is 0 Å². The minimum Gasteiger partial charge on any atom is -0.456 e. The molecule has 86 valence electrons. The van der Waals surface area contributed by atoms with E-state index in [4.69, 9.17) is 16.0 Å². The molecule has 0 spiro atoms. The van der Waals surface area contributed by atoms with E-state index in [0.717, 1.165) is 5.39 Å². The molecule has 0 saturated heterocycles. The maximum atomic E-state index is 10.4. The predicted molar refractivity (Wildman–Crippen MR) is 65.7 cm³/mol. The van der Waals surface area contributed by atoms with Gasteiger partial charge in [0.05, 0.1) is 5.02 Å². The van der Waals surface area contributed by atoms with Gasteiger partial charge in [-0.3, -0.25) is 0 Å². The van der Waals surface area contributed by atoms with Crippen LogP contribution in [0.1, 0.15) is 32.4 Å². The third-order valence-corrected chi connectivity index (χ3v) is 3.42. The first-order chi connectivity index (χ1) is 7.60. The Morgan fingerprint density at radius 3 is 2.56 bits per heavy atom. The van der Waals surface area contributed by atoms with Crippen molar-refractivity contribution in [3.8, 4) is 0 Å². The number of fused-ring (bicyclic) bond motifs is 1. The van der Waals surface area contributed by atoms with Crippen LogP contribution in [0.4, 0.5) is 0 Å². The van der Waals surface area contributed by atoms with Crippen molar-refractivity contribution in [2.45, 2.75) is 32.3 Å². The maximum absolute atomic E-state index is 10.4. The van der Waals surface area contributed by atoms with Crippen molar-refractivity contribution in [2.24, 2.45) is 0 Å². The summed E-state index contributed by atoms with van der Waals surface area (Å²) in [6, 6.07) is 7.46. The second-order valence-corrected chi connectivity index (χ2v) is 4.41. The lowest BCUT2D eigenvalue weighted by Gasteiger charge is -2.21. The van der Waals surface area contributed by atoms with Crippen LogP contribution < -0.4 is 0 Å². The van der Waals surface area contributed by atoms with Crippen LogP contribution in [0.15, 0.2) is 28.7 Å². The van der Waals surface area contributed by atoms with Crippen molar-refractivity contribution in [1.29, 1.82) is 0 Å². The van der Waals surface area contributed by atoms with E-state index in [1.807, 2.05) is 32.0 Å². The first-order valence-corrected chi connectivity index (χ1v) is 5.89. The molecule has 0 radical (unpaired) electrons. The monoisotopic (exact) mass is 238 g/mol. The smallest absolute Gasteiger partial charge is 0.153 e. The first-order valence-electron chi connectivity index (χ1n) is 5.51. The second kappa shape index (κ2) is 4.11. The standard InChI is InChI=1S/C13H15ClO2/c1-3-13(15,4-2)11-8-9-6-5-7-10(14)12(9)16-11/h5-8,15H,3-4H2,1-2H3. The quantitative estimate of drug-likeness (QED) is 0.874. The van der Waals surface area contributed by atoms with Gasteiger partial charge < -0.3 is 9.52 Å². The van der Waals surface area contributed by atoms with E-state index in [2.05, 4.69) is 0 Å². The maximum Gasteiger partial charge on any atom is 0.153 e. The summed E-state index contributed by atoms with van der Waals surface area (Å²) in [4.78, 5) is 0. The Hall–Kier alpha value is -0.990. The Kier molecular flexibility index (Phi) is 2.96. The molecule has 0 aliphatic rings. The lowest BCUT2D eigenvalue weighted by molar-refractivity contribution is 0.00833. The Morgan fingerprint density at radius 1 is 1.31 bits per heavy atom. The SMILES string of the molecule is CCC(O)(CC)c1cc2cccc(Cl)c2o1. The van der Waals surface area contributed by atoms with Crippen LogP contribution in [-0.2, 0) is 5.60 Å². The van der Waals surface area contributed by atoms with Crippen molar-refractivity contribution < 1.29 is 9.52 Å². The van der Waals surface area contributed by atoms with E-state index in [9.17, 15) is 5.11 Å². The summed E-state index contributed by atoms with van der Waals surface area (Å²) in [5.41, 5.74) is -0.234. The topological polar surface area (TPSA) is 33.4 Å². The zero-order chi connectivity index (χ0) is 11.8. The lowest BCUT2D eigenvalue weighted by atomic mass is 9.94. The molecule has 0 aliphatic heterocycles. The molecule has 0 aliphatic carbocycles. The van der Waals surface area contributed by atoms with Gasteiger partial charge in [0.1, 0.15) is 11.4 Å². The summed E-state index contributed by atoms with van der Waals surface area (Å²) in [5.74, 6) is 0.598. The molecule has 16 heavy (non-hydrogen) atoms. The Bertz CT molecular complexity index is 498. The number of benzene rings is 1. The molecular weight excluding hydrogens is 224 g/mol. The van der Waals surface area contributed by atoms with Gasteiger partial charge in [-0.1, -0.05) is 37.6 Å². The molecule has 1 N–H and O–H groups in total. The van der Waals surface area contributed by atoms with Gasteiger partial charge >= 0.3 is 0 Å². The molecule has 1 aromatic carbocycles. The fourth-order valence-electron chi connectivity index (χ4n) is 1.86. The zero-order valence-electron chi connectivity index (χ0n) is 9.46. The molecule has 0 atom stereocenters. The zero-order valence-corrected chi connectivity index (χ0v) is 10.2. The van der Waals surface area contributed by atoms with Gasteiger partial charge in [-0.2, -0.15) is 0 Å². The molecule has 1 aromatic heterocycles. The van der Waals surface area contributed by atoms with Crippen molar-refractivity contribution in [2.75, 3.05) is 0 Å². The highest BCUT2D eigenvalue weighted by atomic mass is 35.5. The van der Waals surface area contributed by atoms with E-state index in [1.165, 1.54) is 0 Å². The molecule has 0 bridgehead atoms. The molecule has 0 saturated carbocycles. The Labute approximate surface area is 99.8 Å². The first kappa shape index (κ1) is 11.5. The molecule has 2 aromatic rings. The summed E-state index contributed by atoms with van der Waals surface area (Å²) in [6.07, 6.45) is 1.25. The van der Waals surface area contributed by atoms with Gasteiger partial charge in [0.15, 0.2) is 5.58 Å². The van der Waals surface area contributed by atoms with Gasteiger partial charge in [-0.15, -0.1) is 0 Å². The molecule has 0 fully saturated rings. The summed E-state index contributed by atoms with van der Waals surface area (Å²) in [7, 11) is 0. The van der Waals surface area contributed by atoms with Gasteiger partial charge in [-0.05, 0) is 25.0 Å². The molecule has 0 unspecified atom stereocenters. The minimum atomic E-state index is -0.887. The van der Waals surface area contributed by atoms with E-state index >= 15 is 0 Å². The molecule has 3 heteroatoms. The lowest BCUT2D eigenvalue weighted by Crippen LogP contribution is -2.22. The Morgan fingerprint density at radius 2 is 2.00 bits per heavy atom. The van der Waals surface area contributed by atoms with Crippen LogP contribution in [0.5, 0.6) is 0 Å². The third-order valence-electron chi connectivity index (χ3n) is 3.12. The summed E-state index contributed by atoms with van der Waals surface area (Å²) in [5, 5.41) is 11.9. The van der Waals surface area contributed by atoms with Crippen LogP contribution in [0, 0.1) is 0 Å². The number of furan rings is 1. The normalized spacial score (nSPS) is 12.2. The number of aliphatic hydroxyl groups is 1. The van der Waals surface area contributed by atoms with E-state index < -0.39 is 5.60 Å². The molecule has 2 rings (SSSR count). The largest absolute Gasteiger partial charge is 0.456 e. The molecule has 0 amide bonds. The van der Waals surface area contributed by atoms with Gasteiger partial charge in [0.2, 0.25) is 0 Å². The van der Waals surface area contributed by atoms with E-state index in [-0.39, 0.29) is 0 Å². The van der Waals surface area contributed by atoms with Gasteiger partial charge in [-0.25, -0.2) is 0 Å². The van der Waals surface area contributed by atoms with Gasteiger partial charge in [0.25, 0.3) is 0 Å². The van der Waals surface area contributed by atoms with Crippen LogP contribution in [-0.4, -0.2) is 5.11 Å². The molecular formula is C13H15ClO2. The highest BCUT2D eigenvalue weighted by molar-refractivity contribution is 6.34. The van der Waals surface area contributed by atoms with Gasteiger partial charge in [0, 0.05) is 5.39 Å². The second-order valence-electron chi connectivity index (χ2n) is 4.01. The van der Waals surface area contributed by atoms with E-state index in [1.54, 1.807) is 6.07 Å². The van der Waals surface area contributed by atoms with Crippen LogP contribution in [0.2, 0.25) is 5.02 Å². The highest BCUT2D eigenvalue weighted by Gasteiger charge is 2.29. The number of hydrogen-bond acceptors (Lipinski definition) is 2. The number of halogens is 1. The van der Waals surface area contributed by atoms with Crippen molar-refractivity contribution in [3.05, 3.63) is 35.0 Å².